The molecule has 0 spiro atoms. The van der Waals surface area contributed by atoms with Gasteiger partial charge in [0.25, 0.3) is 0 Å². The van der Waals surface area contributed by atoms with E-state index in [0.29, 0.717) is 16.9 Å². The van der Waals surface area contributed by atoms with Crippen LogP contribution in [0.3, 0.4) is 0 Å². The Bertz CT molecular complexity index is 1320. The molecule has 0 aliphatic rings. The van der Waals surface area contributed by atoms with Crippen LogP contribution >= 0.6 is 0 Å². The average Bonchev–Trinajstić information content (AvgIpc) is 2.88. The van der Waals surface area contributed by atoms with Gasteiger partial charge in [-0.15, -0.1) is 0 Å². The first-order valence-corrected chi connectivity index (χ1v) is 12.5. The smallest absolute Gasteiger partial charge is 0.178 e. The molecule has 4 rings (SSSR count). The molecule has 3 aromatic carbocycles. The van der Waals surface area contributed by atoms with Gasteiger partial charge >= 0.3 is 0 Å². The summed E-state index contributed by atoms with van der Waals surface area (Å²) in [7, 11) is -3.22. The molecule has 0 radical (unpaired) electrons. The van der Waals surface area contributed by atoms with Gasteiger partial charge in [-0.2, -0.15) is 0 Å². The second-order valence-electron chi connectivity index (χ2n) is 7.88. The molecule has 166 valence electrons. The molecule has 1 unspecified atom stereocenters. The van der Waals surface area contributed by atoms with E-state index >= 15 is 0 Å². The van der Waals surface area contributed by atoms with E-state index in [1.165, 1.54) is 0 Å². The first kappa shape index (κ1) is 22.6. The quantitative estimate of drug-likeness (QED) is 0.308. The third-order valence-electron chi connectivity index (χ3n) is 5.83. The summed E-state index contributed by atoms with van der Waals surface area (Å²) >= 11 is 0. The summed E-state index contributed by atoms with van der Waals surface area (Å²) in [5.41, 5.74) is 4.73. The van der Waals surface area contributed by atoms with E-state index in [0.717, 1.165) is 22.3 Å². The second kappa shape index (κ2) is 9.92. The number of benzene rings is 3. The van der Waals surface area contributed by atoms with Crippen molar-refractivity contribution in [3.63, 3.8) is 0 Å². The predicted molar refractivity (Wildman–Crippen MR) is 131 cm³/mol. The molecule has 0 amide bonds. The fourth-order valence-electron chi connectivity index (χ4n) is 3.88. The van der Waals surface area contributed by atoms with Gasteiger partial charge in [0.2, 0.25) is 0 Å². The Morgan fingerprint density at radius 1 is 0.758 bits per heavy atom. The summed E-state index contributed by atoms with van der Waals surface area (Å²) < 4.78 is 24.1. The monoisotopic (exact) mass is 455 g/mol. The number of aromatic nitrogens is 1. The van der Waals surface area contributed by atoms with Gasteiger partial charge < -0.3 is 0 Å². The minimum absolute atomic E-state index is 0.0713. The summed E-state index contributed by atoms with van der Waals surface area (Å²) in [6.45, 7) is 1.64. The highest BCUT2D eigenvalue weighted by atomic mass is 32.2. The van der Waals surface area contributed by atoms with E-state index in [4.69, 9.17) is 0 Å². The molecule has 4 aromatic rings. The lowest BCUT2D eigenvalue weighted by Gasteiger charge is -2.18. The normalized spacial score (nSPS) is 12.3. The number of nitrogens with zero attached hydrogens (tertiary/aromatic N) is 1. The molecular weight excluding hydrogens is 430 g/mol. The Labute approximate surface area is 194 Å². The van der Waals surface area contributed by atoms with E-state index in [2.05, 4.69) is 4.98 Å². The molecule has 1 aromatic heterocycles. The number of ketones is 1. The number of sulfone groups is 1. The molecule has 1 heterocycles. The van der Waals surface area contributed by atoms with Crippen LogP contribution in [0.5, 0.6) is 0 Å². The minimum atomic E-state index is -3.22. The lowest BCUT2D eigenvalue weighted by Crippen LogP contribution is -2.09. The summed E-state index contributed by atoms with van der Waals surface area (Å²) in [5.74, 6) is 0.0844. The molecule has 1 atom stereocenters. The van der Waals surface area contributed by atoms with Crippen molar-refractivity contribution in [3.8, 4) is 11.1 Å². The summed E-state index contributed by atoms with van der Waals surface area (Å²) in [6, 6.07) is 28.6. The van der Waals surface area contributed by atoms with Crippen molar-refractivity contribution < 1.29 is 13.2 Å². The predicted octanol–water partition coefficient (Wildman–Crippen LogP) is 5.95. The van der Waals surface area contributed by atoms with Crippen LogP contribution < -0.4 is 0 Å². The maximum Gasteiger partial charge on any atom is 0.178 e. The number of rotatable bonds is 8. The summed E-state index contributed by atoms with van der Waals surface area (Å²) in [4.78, 5) is 17.3. The maximum absolute atomic E-state index is 13.0. The summed E-state index contributed by atoms with van der Waals surface area (Å²) in [5, 5.41) is 0. The van der Waals surface area contributed by atoms with Crippen LogP contribution in [0.2, 0.25) is 0 Å². The van der Waals surface area contributed by atoms with Crippen LogP contribution in [0.15, 0.2) is 108 Å². The standard InChI is InChI=1S/C28H25NO3S/c1-2-33(31,32)26-14-12-22(13-15-26)21-8-10-24(11-9-21)27(23-6-4-3-5-7-23)20-28(30)25-16-18-29-19-17-25/h3-19,27H,2,20H2,1H3. The molecule has 0 bridgehead atoms. The van der Waals surface area contributed by atoms with Crippen molar-refractivity contribution >= 4 is 15.6 Å². The number of carbonyl (C=O) groups is 1. The van der Waals surface area contributed by atoms with Gasteiger partial charge in [0.15, 0.2) is 15.6 Å². The molecule has 0 saturated heterocycles. The van der Waals surface area contributed by atoms with Gasteiger partial charge in [0, 0.05) is 30.3 Å². The third-order valence-corrected chi connectivity index (χ3v) is 7.58. The van der Waals surface area contributed by atoms with Crippen LogP contribution in [0.1, 0.15) is 40.7 Å². The highest BCUT2D eigenvalue weighted by molar-refractivity contribution is 7.91. The number of carbonyl (C=O) groups excluding carboxylic acids is 1. The van der Waals surface area contributed by atoms with E-state index in [1.54, 1.807) is 43.6 Å². The molecule has 0 aliphatic heterocycles. The van der Waals surface area contributed by atoms with Crippen molar-refractivity contribution in [1.82, 2.24) is 4.98 Å². The zero-order valence-corrected chi connectivity index (χ0v) is 19.2. The van der Waals surface area contributed by atoms with E-state index < -0.39 is 9.84 Å². The Morgan fingerprint density at radius 2 is 1.30 bits per heavy atom. The first-order valence-electron chi connectivity index (χ1n) is 10.9. The van der Waals surface area contributed by atoms with Crippen molar-refractivity contribution in [2.24, 2.45) is 0 Å². The Balaban J connectivity index is 1.61. The van der Waals surface area contributed by atoms with Gasteiger partial charge in [0.05, 0.1) is 10.6 Å². The lowest BCUT2D eigenvalue weighted by molar-refractivity contribution is 0.0977. The highest BCUT2D eigenvalue weighted by Crippen LogP contribution is 2.31. The molecule has 5 heteroatoms. The fraction of sp³-hybridized carbons (Fsp3) is 0.143. The van der Waals surface area contributed by atoms with Crippen molar-refractivity contribution in [1.29, 1.82) is 0 Å². The largest absolute Gasteiger partial charge is 0.294 e. The minimum Gasteiger partial charge on any atom is -0.294 e. The average molecular weight is 456 g/mol. The van der Waals surface area contributed by atoms with Gasteiger partial charge in [-0.05, 0) is 46.5 Å². The van der Waals surface area contributed by atoms with Crippen LogP contribution in [0.25, 0.3) is 11.1 Å². The molecular formula is C28H25NO3S. The van der Waals surface area contributed by atoms with E-state index in [1.807, 2.05) is 66.7 Å². The summed E-state index contributed by atoms with van der Waals surface area (Å²) in [6.07, 6.45) is 3.63. The zero-order valence-electron chi connectivity index (χ0n) is 18.4. The first-order chi connectivity index (χ1) is 16.0. The Morgan fingerprint density at radius 3 is 1.88 bits per heavy atom. The van der Waals surface area contributed by atoms with Crippen LogP contribution in [0.4, 0.5) is 0 Å². The molecule has 0 fully saturated rings. The fourth-order valence-corrected chi connectivity index (χ4v) is 4.77. The van der Waals surface area contributed by atoms with Crippen LogP contribution in [-0.4, -0.2) is 24.9 Å². The number of pyridine rings is 1. The van der Waals surface area contributed by atoms with Crippen LogP contribution in [0, 0.1) is 0 Å². The van der Waals surface area contributed by atoms with E-state index in [9.17, 15) is 13.2 Å². The molecule has 33 heavy (non-hydrogen) atoms. The van der Waals surface area contributed by atoms with Gasteiger partial charge in [-0.3, -0.25) is 9.78 Å². The molecule has 0 aliphatic carbocycles. The third kappa shape index (κ3) is 5.26. The van der Waals surface area contributed by atoms with Crippen molar-refractivity contribution in [3.05, 3.63) is 120 Å². The van der Waals surface area contributed by atoms with Gasteiger partial charge in [-0.1, -0.05) is 73.7 Å². The second-order valence-corrected chi connectivity index (χ2v) is 10.2. The number of Topliss-reactive ketones (excluding diaryl/α,β-unsaturated/α-hetero) is 1. The maximum atomic E-state index is 13.0. The molecule has 0 N–H and O–H groups in total. The van der Waals surface area contributed by atoms with Gasteiger partial charge in [-0.25, -0.2) is 8.42 Å². The zero-order chi connectivity index (χ0) is 23.3. The number of hydrogen-bond donors (Lipinski definition) is 0. The molecule has 4 nitrogen and oxygen atoms in total. The van der Waals surface area contributed by atoms with E-state index in [-0.39, 0.29) is 17.5 Å². The van der Waals surface area contributed by atoms with Gasteiger partial charge in [0.1, 0.15) is 0 Å². The Kier molecular flexibility index (Phi) is 6.80. The molecule has 0 saturated carbocycles. The van der Waals surface area contributed by atoms with Crippen molar-refractivity contribution in [2.75, 3.05) is 5.75 Å². The highest BCUT2D eigenvalue weighted by Gasteiger charge is 2.19. The topological polar surface area (TPSA) is 64.1 Å². The SMILES string of the molecule is CCS(=O)(=O)c1ccc(-c2ccc(C(CC(=O)c3ccncc3)c3ccccc3)cc2)cc1. The van der Waals surface area contributed by atoms with Crippen LogP contribution in [-0.2, 0) is 9.84 Å². The Hall–Kier alpha value is -3.57. The lowest BCUT2D eigenvalue weighted by atomic mass is 9.85. The number of hydrogen-bond acceptors (Lipinski definition) is 4. The van der Waals surface area contributed by atoms with Crippen molar-refractivity contribution in [2.45, 2.75) is 24.2 Å².